The molecule has 5 atom stereocenters. The monoisotopic (exact) mass is 402 g/mol. The third-order valence-electron chi connectivity index (χ3n) is 6.57. The number of aliphatic hydroxyl groups is 1. The lowest BCUT2D eigenvalue weighted by molar-refractivity contribution is -0.236. The number of hydrogen-bond donors (Lipinski definition) is 2. The minimum atomic E-state index is -0.901. The van der Waals surface area contributed by atoms with Crippen LogP contribution in [0.25, 0.3) is 0 Å². The van der Waals surface area contributed by atoms with Crippen molar-refractivity contribution in [3.8, 4) is 5.75 Å². The van der Waals surface area contributed by atoms with E-state index in [1.807, 2.05) is 43.9 Å². The van der Waals surface area contributed by atoms with Gasteiger partial charge in [-0.15, -0.1) is 0 Å². The maximum Gasteiger partial charge on any atom is 0.224 e. The van der Waals surface area contributed by atoms with Gasteiger partial charge in [0.15, 0.2) is 0 Å². The number of likely N-dealkylation sites (tertiary alicyclic amines) is 1. The summed E-state index contributed by atoms with van der Waals surface area (Å²) in [5.74, 6) is 1.96. The summed E-state index contributed by atoms with van der Waals surface area (Å²) in [6.07, 6.45) is -0.00644. The second-order valence-corrected chi connectivity index (χ2v) is 10.3. The van der Waals surface area contributed by atoms with Gasteiger partial charge < -0.3 is 19.9 Å². The average Bonchev–Trinajstić information content (AvgIpc) is 3.13. The van der Waals surface area contributed by atoms with E-state index >= 15 is 0 Å². The molecule has 2 fully saturated rings. The van der Waals surface area contributed by atoms with Crippen LogP contribution in [0.2, 0.25) is 0 Å². The maximum absolute atomic E-state index is 13.0. The van der Waals surface area contributed by atoms with E-state index in [9.17, 15) is 9.90 Å². The molecule has 29 heavy (non-hydrogen) atoms. The molecule has 1 saturated heterocycles. The summed E-state index contributed by atoms with van der Waals surface area (Å²) in [6, 6.07) is 8.13. The molecule has 0 spiro atoms. The average molecular weight is 403 g/mol. The lowest BCUT2D eigenvalue weighted by Gasteiger charge is -2.39. The molecule has 1 aliphatic carbocycles. The quantitative estimate of drug-likeness (QED) is 0.741. The van der Waals surface area contributed by atoms with Crippen LogP contribution >= 0.6 is 0 Å². The molecule has 1 amide bonds. The summed E-state index contributed by atoms with van der Waals surface area (Å²) in [5, 5.41) is 13.6. The van der Waals surface area contributed by atoms with Crippen LogP contribution in [0.4, 0.5) is 0 Å². The Morgan fingerprint density at radius 2 is 1.86 bits per heavy atom. The Morgan fingerprint density at radius 1 is 1.21 bits per heavy atom. The van der Waals surface area contributed by atoms with Crippen molar-refractivity contribution < 1.29 is 19.4 Å². The van der Waals surface area contributed by atoms with Crippen molar-refractivity contribution in [2.75, 3.05) is 19.7 Å². The number of rotatable bonds is 5. The summed E-state index contributed by atoms with van der Waals surface area (Å²) in [5.41, 5.74) is 0.434. The summed E-state index contributed by atoms with van der Waals surface area (Å²) in [7, 11) is 0. The van der Waals surface area contributed by atoms with E-state index in [2.05, 4.69) is 25.2 Å². The topological polar surface area (TPSA) is 71.0 Å². The summed E-state index contributed by atoms with van der Waals surface area (Å²) < 4.78 is 11.4. The van der Waals surface area contributed by atoms with Crippen molar-refractivity contribution in [3.05, 3.63) is 29.8 Å². The molecule has 6 nitrogen and oxygen atoms in total. The zero-order valence-electron chi connectivity index (χ0n) is 18.1. The molecule has 1 saturated carbocycles. The second-order valence-electron chi connectivity index (χ2n) is 10.3. The first kappa shape index (κ1) is 20.6. The van der Waals surface area contributed by atoms with Gasteiger partial charge in [-0.1, -0.05) is 18.2 Å². The summed E-state index contributed by atoms with van der Waals surface area (Å²) >= 11 is 0. The van der Waals surface area contributed by atoms with Crippen LogP contribution in [0.15, 0.2) is 24.3 Å². The van der Waals surface area contributed by atoms with Crippen LogP contribution in [0.1, 0.15) is 52.5 Å². The standard InChI is InChI=1S/C23H34N2O4/c1-22(2,3)29-21(27)25-12-15-16(13-25)19(15)20(26)24-23(4,5)17-10-11-28-18-9-7-6-8-14(17)18/h6-9,15-17,19,21,27H,10-13H2,1-5H3,(H,24,26)/t15-,16?,17?,19+,21?/m1/s1. The molecule has 1 aromatic rings. The van der Waals surface area contributed by atoms with Gasteiger partial charge >= 0.3 is 0 Å². The predicted octanol–water partition coefficient (Wildman–Crippen LogP) is 2.72. The Bertz CT molecular complexity index is 760. The molecule has 1 aromatic carbocycles. The highest BCUT2D eigenvalue weighted by Gasteiger charge is 2.61. The molecule has 2 aliphatic heterocycles. The zero-order chi connectivity index (χ0) is 21.0. The Balaban J connectivity index is 1.35. The van der Waals surface area contributed by atoms with E-state index in [0.29, 0.717) is 31.5 Å². The van der Waals surface area contributed by atoms with E-state index in [0.717, 1.165) is 12.2 Å². The number of hydrogen-bond acceptors (Lipinski definition) is 5. The van der Waals surface area contributed by atoms with Gasteiger partial charge in [-0.05, 0) is 64.5 Å². The molecule has 160 valence electrons. The minimum Gasteiger partial charge on any atom is -0.493 e. The number of piperidine rings is 1. The molecule has 2 heterocycles. The number of carbonyl (C=O) groups excluding carboxylic acids is 1. The number of para-hydroxylation sites is 1. The van der Waals surface area contributed by atoms with Gasteiger partial charge in [0, 0.05) is 30.5 Å². The smallest absolute Gasteiger partial charge is 0.224 e. The lowest BCUT2D eigenvalue weighted by atomic mass is 9.78. The molecule has 3 unspecified atom stereocenters. The predicted molar refractivity (Wildman–Crippen MR) is 110 cm³/mol. The number of nitrogens with zero attached hydrogens (tertiary/aromatic N) is 1. The van der Waals surface area contributed by atoms with Crippen molar-refractivity contribution in [3.63, 3.8) is 0 Å². The minimum absolute atomic E-state index is 0.0439. The summed E-state index contributed by atoms with van der Waals surface area (Å²) in [4.78, 5) is 15.0. The molecule has 3 aliphatic rings. The van der Waals surface area contributed by atoms with Gasteiger partial charge in [-0.2, -0.15) is 0 Å². The lowest BCUT2D eigenvalue weighted by Crippen LogP contribution is -2.50. The third-order valence-corrected chi connectivity index (χ3v) is 6.57. The maximum atomic E-state index is 13.0. The van der Waals surface area contributed by atoms with Crippen LogP contribution < -0.4 is 10.1 Å². The van der Waals surface area contributed by atoms with Gasteiger partial charge in [-0.25, -0.2) is 0 Å². The fraction of sp³-hybridized carbons (Fsp3) is 0.696. The second kappa shape index (κ2) is 7.25. The first-order chi connectivity index (χ1) is 13.6. The number of aliphatic hydroxyl groups excluding tert-OH is 1. The van der Waals surface area contributed by atoms with Crippen LogP contribution in [-0.2, 0) is 9.53 Å². The molecule has 0 bridgehead atoms. The SMILES string of the molecule is CC(C)(C)OC(O)N1CC2[C@@H](C1)[C@@H]2C(=O)NC(C)(C)C1CCOc2ccccc21. The molecule has 6 heteroatoms. The number of amides is 1. The Hall–Kier alpha value is -1.63. The Kier molecular flexibility index (Phi) is 5.16. The van der Waals surface area contributed by atoms with Crippen molar-refractivity contribution in [2.24, 2.45) is 17.8 Å². The van der Waals surface area contributed by atoms with Crippen LogP contribution in [-0.4, -0.2) is 53.2 Å². The van der Waals surface area contributed by atoms with Gasteiger partial charge in [0.05, 0.1) is 12.2 Å². The fourth-order valence-electron chi connectivity index (χ4n) is 5.10. The van der Waals surface area contributed by atoms with E-state index < -0.39 is 12.0 Å². The van der Waals surface area contributed by atoms with Crippen molar-refractivity contribution in [2.45, 2.75) is 64.5 Å². The van der Waals surface area contributed by atoms with Gasteiger partial charge in [-0.3, -0.25) is 9.69 Å². The molecule has 0 radical (unpaired) electrons. The van der Waals surface area contributed by atoms with Crippen molar-refractivity contribution in [1.29, 1.82) is 0 Å². The van der Waals surface area contributed by atoms with Crippen molar-refractivity contribution >= 4 is 5.91 Å². The number of ether oxygens (including phenoxy) is 2. The number of carbonyl (C=O) groups is 1. The first-order valence-electron chi connectivity index (χ1n) is 10.7. The number of nitrogens with one attached hydrogen (secondary N) is 1. The van der Waals surface area contributed by atoms with Gasteiger partial charge in [0.2, 0.25) is 12.3 Å². The number of benzene rings is 1. The van der Waals surface area contributed by atoms with E-state index in [-0.39, 0.29) is 23.3 Å². The van der Waals surface area contributed by atoms with Crippen molar-refractivity contribution in [1.82, 2.24) is 10.2 Å². The third kappa shape index (κ3) is 4.16. The van der Waals surface area contributed by atoms with Gasteiger partial charge in [0.1, 0.15) is 5.75 Å². The molecule has 2 N–H and O–H groups in total. The van der Waals surface area contributed by atoms with E-state index in [1.54, 1.807) is 0 Å². The van der Waals surface area contributed by atoms with Gasteiger partial charge in [0.25, 0.3) is 0 Å². The summed E-state index contributed by atoms with van der Waals surface area (Å²) in [6.45, 7) is 12.1. The zero-order valence-corrected chi connectivity index (χ0v) is 18.1. The fourth-order valence-corrected chi connectivity index (χ4v) is 5.10. The highest BCUT2D eigenvalue weighted by atomic mass is 16.6. The molecular weight excluding hydrogens is 368 g/mol. The molecular formula is C23H34N2O4. The highest BCUT2D eigenvalue weighted by molar-refractivity contribution is 5.83. The molecule has 4 rings (SSSR count). The normalized spacial score (nSPS) is 30.1. The first-order valence-corrected chi connectivity index (χ1v) is 10.7. The van der Waals surface area contributed by atoms with Crippen LogP contribution in [0.5, 0.6) is 5.75 Å². The molecule has 0 aromatic heterocycles. The largest absolute Gasteiger partial charge is 0.493 e. The Labute approximate surface area is 173 Å². The Morgan fingerprint density at radius 3 is 2.52 bits per heavy atom. The van der Waals surface area contributed by atoms with Crippen LogP contribution in [0, 0.1) is 17.8 Å². The number of fused-ring (bicyclic) bond motifs is 2. The van der Waals surface area contributed by atoms with E-state index in [1.165, 1.54) is 5.56 Å². The van der Waals surface area contributed by atoms with Crippen LogP contribution in [0.3, 0.4) is 0 Å². The van der Waals surface area contributed by atoms with E-state index in [4.69, 9.17) is 9.47 Å². The highest BCUT2D eigenvalue weighted by Crippen LogP contribution is 2.53.